The van der Waals surface area contributed by atoms with E-state index in [1.165, 1.54) is 0 Å². The number of nitrogens with zero attached hydrogens (tertiary/aromatic N) is 4. The van der Waals surface area contributed by atoms with Crippen LogP contribution >= 0.6 is 0 Å². The van der Waals surface area contributed by atoms with Gasteiger partial charge in [-0.1, -0.05) is 32.0 Å². The number of amides is 2. The monoisotopic (exact) mass is 446 g/mol. The van der Waals surface area contributed by atoms with Crippen LogP contribution < -0.4 is 4.90 Å². The van der Waals surface area contributed by atoms with Gasteiger partial charge in [0.1, 0.15) is 12.4 Å². The molecule has 0 radical (unpaired) electrons. The lowest BCUT2D eigenvalue weighted by atomic mass is 10.1. The van der Waals surface area contributed by atoms with Gasteiger partial charge in [-0.05, 0) is 62.1 Å². The molecule has 1 saturated heterocycles. The summed E-state index contributed by atoms with van der Waals surface area (Å²) in [5.41, 5.74) is 5.05. The maximum absolute atomic E-state index is 13.2. The van der Waals surface area contributed by atoms with Gasteiger partial charge < -0.3 is 14.4 Å². The molecule has 1 aliphatic heterocycles. The van der Waals surface area contributed by atoms with Crippen LogP contribution in [0.3, 0.4) is 0 Å². The maximum atomic E-state index is 13.2. The van der Waals surface area contributed by atoms with E-state index in [0.29, 0.717) is 13.0 Å². The topological polar surface area (TPSA) is 58.4 Å². The molecule has 0 aliphatic carbocycles. The van der Waals surface area contributed by atoms with Gasteiger partial charge in [0.2, 0.25) is 11.8 Å². The molecule has 1 aromatic heterocycles. The van der Waals surface area contributed by atoms with Crippen molar-refractivity contribution >= 4 is 28.5 Å². The first-order chi connectivity index (χ1) is 15.9. The highest BCUT2D eigenvalue weighted by molar-refractivity contribution is 5.96. The number of fused-ring (bicyclic) bond motifs is 1. The minimum absolute atomic E-state index is 0.0516. The standard InChI is InChI=1S/C27H34N4O2/c1-5-11-29(12-6-2)26(33)18-31-24-10-8-7-9-23(24)28-27(31)21-16-25(32)30(17-21)22-14-19(3)13-20(4)15-22/h7-10,13-15,21H,5-6,11-12,16-18H2,1-4H3. The molecular weight excluding hydrogens is 412 g/mol. The second-order valence-electron chi connectivity index (χ2n) is 9.18. The minimum atomic E-state index is -0.0516. The van der Waals surface area contributed by atoms with Gasteiger partial charge in [0.15, 0.2) is 0 Å². The number of carbonyl (C=O) groups excluding carboxylic acids is 2. The second kappa shape index (κ2) is 9.77. The first kappa shape index (κ1) is 23.0. The van der Waals surface area contributed by atoms with Crippen LogP contribution in [0, 0.1) is 13.8 Å². The van der Waals surface area contributed by atoms with Crippen molar-refractivity contribution in [3.05, 3.63) is 59.4 Å². The van der Waals surface area contributed by atoms with Crippen molar-refractivity contribution < 1.29 is 9.59 Å². The van der Waals surface area contributed by atoms with Crippen molar-refractivity contribution in [2.45, 2.75) is 59.4 Å². The molecule has 1 fully saturated rings. The highest BCUT2D eigenvalue weighted by Gasteiger charge is 2.35. The summed E-state index contributed by atoms with van der Waals surface area (Å²) in [7, 11) is 0. The van der Waals surface area contributed by atoms with Crippen LogP contribution in [-0.2, 0) is 16.1 Å². The molecule has 2 aromatic carbocycles. The van der Waals surface area contributed by atoms with Gasteiger partial charge in [-0.2, -0.15) is 0 Å². The quantitative estimate of drug-likeness (QED) is 0.498. The summed E-state index contributed by atoms with van der Waals surface area (Å²) in [6, 6.07) is 14.2. The van der Waals surface area contributed by atoms with Crippen molar-refractivity contribution in [3.8, 4) is 0 Å². The summed E-state index contributed by atoms with van der Waals surface area (Å²) in [5.74, 6) is 0.995. The average Bonchev–Trinajstić information content (AvgIpc) is 3.33. The van der Waals surface area contributed by atoms with Crippen LogP contribution in [0.1, 0.15) is 56.0 Å². The van der Waals surface area contributed by atoms with Crippen molar-refractivity contribution in [2.75, 3.05) is 24.5 Å². The van der Waals surface area contributed by atoms with E-state index in [2.05, 4.69) is 45.9 Å². The van der Waals surface area contributed by atoms with E-state index >= 15 is 0 Å². The lowest BCUT2D eigenvalue weighted by Gasteiger charge is -2.23. The zero-order valence-electron chi connectivity index (χ0n) is 20.2. The fourth-order valence-corrected chi connectivity index (χ4v) is 4.94. The highest BCUT2D eigenvalue weighted by atomic mass is 16.2. The number of hydrogen-bond acceptors (Lipinski definition) is 3. The summed E-state index contributed by atoms with van der Waals surface area (Å²) >= 11 is 0. The smallest absolute Gasteiger partial charge is 0.242 e. The second-order valence-corrected chi connectivity index (χ2v) is 9.18. The predicted octanol–water partition coefficient (Wildman–Crippen LogP) is 4.82. The van der Waals surface area contributed by atoms with Crippen LogP contribution in [-0.4, -0.2) is 45.9 Å². The number of anilines is 1. The third-order valence-electron chi connectivity index (χ3n) is 6.33. The lowest BCUT2D eigenvalue weighted by Crippen LogP contribution is -2.35. The summed E-state index contributed by atoms with van der Waals surface area (Å²) in [6.45, 7) is 10.7. The zero-order chi connectivity index (χ0) is 23.5. The van der Waals surface area contributed by atoms with E-state index in [9.17, 15) is 9.59 Å². The first-order valence-corrected chi connectivity index (χ1v) is 12.0. The van der Waals surface area contributed by atoms with Gasteiger partial charge >= 0.3 is 0 Å². The maximum Gasteiger partial charge on any atom is 0.242 e. The number of aryl methyl sites for hydroxylation is 2. The largest absolute Gasteiger partial charge is 0.341 e. The van der Waals surface area contributed by atoms with E-state index in [0.717, 1.165) is 59.6 Å². The Kier molecular flexibility index (Phi) is 6.82. The Bertz CT molecular complexity index is 1140. The van der Waals surface area contributed by atoms with Gasteiger partial charge in [-0.25, -0.2) is 4.98 Å². The minimum Gasteiger partial charge on any atom is -0.341 e. The van der Waals surface area contributed by atoms with Gasteiger partial charge in [0, 0.05) is 37.7 Å². The van der Waals surface area contributed by atoms with E-state index in [1.54, 1.807) is 0 Å². The van der Waals surface area contributed by atoms with Crippen molar-refractivity contribution in [1.29, 1.82) is 0 Å². The Morgan fingerprint density at radius 2 is 1.73 bits per heavy atom. The number of carbonyl (C=O) groups is 2. The van der Waals surface area contributed by atoms with Crippen molar-refractivity contribution in [2.24, 2.45) is 0 Å². The molecule has 1 aliphatic rings. The number of benzene rings is 2. The lowest BCUT2D eigenvalue weighted by molar-refractivity contribution is -0.131. The molecular formula is C27H34N4O2. The third kappa shape index (κ3) is 4.80. The SMILES string of the molecule is CCCN(CCC)C(=O)Cn1c(C2CC(=O)N(c3cc(C)cc(C)c3)C2)nc2ccccc21. The molecule has 0 bridgehead atoms. The summed E-state index contributed by atoms with van der Waals surface area (Å²) in [4.78, 5) is 35.0. The molecule has 0 N–H and O–H groups in total. The molecule has 174 valence electrons. The van der Waals surface area contributed by atoms with Crippen molar-refractivity contribution in [3.63, 3.8) is 0 Å². The Labute approximate surface area is 196 Å². The fraction of sp³-hybridized carbons (Fsp3) is 0.444. The molecule has 4 rings (SSSR count). The van der Waals surface area contributed by atoms with Crippen LogP contribution in [0.4, 0.5) is 5.69 Å². The van der Waals surface area contributed by atoms with Gasteiger partial charge in [-0.3, -0.25) is 9.59 Å². The molecule has 6 nitrogen and oxygen atoms in total. The number of para-hydroxylation sites is 2. The summed E-state index contributed by atoms with van der Waals surface area (Å²) < 4.78 is 2.04. The molecule has 2 amide bonds. The molecule has 2 heterocycles. The molecule has 0 spiro atoms. The fourth-order valence-electron chi connectivity index (χ4n) is 4.94. The van der Waals surface area contributed by atoms with Crippen molar-refractivity contribution in [1.82, 2.24) is 14.5 Å². The number of hydrogen-bond donors (Lipinski definition) is 0. The van der Waals surface area contributed by atoms with Crippen LogP contribution in [0.25, 0.3) is 11.0 Å². The normalized spacial score (nSPS) is 16.1. The van der Waals surface area contributed by atoms with Gasteiger partial charge in [0.05, 0.1) is 11.0 Å². The molecule has 6 heteroatoms. The number of aromatic nitrogens is 2. The van der Waals surface area contributed by atoms with E-state index in [-0.39, 0.29) is 24.3 Å². The van der Waals surface area contributed by atoms with Gasteiger partial charge in [0.25, 0.3) is 0 Å². The average molecular weight is 447 g/mol. The number of rotatable bonds is 8. The predicted molar refractivity (Wildman–Crippen MR) is 133 cm³/mol. The highest BCUT2D eigenvalue weighted by Crippen LogP contribution is 2.34. The third-order valence-corrected chi connectivity index (χ3v) is 6.33. The van der Waals surface area contributed by atoms with E-state index < -0.39 is 0 Å². The molecule has 33 heavy (non-hydrogen) atoms. The molecule has 1 unspecified atom stereocenters. The first-order valence-electron chi connectivity index (χ1n) is 12.0. The number of imidazole rings is 1. The Hall–Kier alpha value is -3.15. The molecule has 0 saturated carbocycles. The van der Waals surface area contributed by atoms with Crippen LogP contribution in [0.5, 0.6) is 0 Å². The summed E-state index contributed by atoms with van der Waals surface area (Å²) in [5, 5.41) is 0. The molecule has 3 aromatic rings. The van der Waals surface area contributed by atoms with Crippen LogP contribution in [0.2, 0.25) is 0 Å². The zero-order valence-corrected chi connectivity index (χ0v) is 20.2. The van der Waals surface area contributed by atoms with E-state index in [4.69, 9.17) is 4.98 Å². The Balaban J connectivity index is 1.67. The molecule has 1 atom stereocenters. The Morgan fingerprint density at radius 3 is 2.39 bits per heavy atom. The van der Waals surface area contributed by atoms with Gasteiger partial charge in [-0.15, -0.1) is 0 Å². The summed E-state index contributed by atoms with van der Waals surface area (Å²) in [6.07, 6.45) is 2.27. The van der Waals surface area contributed by atoms with E-state index in [1.807, 2.05) is 38.6 Å². The van der Waals surface area contributed by atoms with Crippen LogP contribution in [0.15, 0.2) is 42.5 Å². The Morgan fingerprint density at radius 1 is 1.06 bits per heavy atom.